The summed E-state index contributed by atoms with van der Waals surface area (Å²) in [5.41, 5.74) is 1.56. The molecule has 2 aromatic rings. The number of guanidine groups is 1. The Labute approximate surface area is 177 Å². The summed E-state index contributed by atoms with van der Waals surface area (Å²) >= 11 is 0. The van der Waals surface area contributed by atoms with Crippen LogP contribution in [0.4, 0.5) is 0 Å². The van der Waals surface area contributed by atoms with Crippen LogP contribution in [0.5, 0.6) is 17.2 Å². The van der Waals surface area contributed by atoms with Crippen molar-refractivity contribution in [2.24, 2.45) is 4.99 Å². The Bertz CT molecular complexity index is 855. The number of nitrogens with one attached hydrogen (secondary N) is 3. The number of carbonyl (C=O) groups excluding carboxylic acids is 1. The number of hydrogen-bond donors (Lipinski definition) is 3. The third kappa shape index (κ3) is 6.88. The number of carbonyl (C=O) groups is 1. The van der Waals surface area contributed by atoms with Gasteiger partial charge in [0.1, 0.15) is 5.75 Å². The van der Waals surface area contributed by atoms with Crippen molar-refractivity contribution in [3.63, 3.8) is 0 Å². The summed E-state index contributed by atoms with van der Waals surface area (Å²) in [5.74, 6) is 2.52. The highest BCUT2D eigenvalue weighted by molar-refractivity contribution is 5.94. The van der Waals surface area contributed by atoms with Crippen molar-refractivity contribution >= 4 is 11.9 Å². The third-order valence-electron chi connectivity index (χ3n) is 4.25. The van der Waals surface area contributed by atoms with Gasteiger partial charge >= 0.3 is 0 Å². The number of amides is 1. The van der Waals surface area contributed by atoms with Gasteiger partial charge in [-0.25, -0.2) is 4.99 Å². The SMILES string of the molecule is CCNC(=NCc1ccc(OC)c(OC)c1)NCCNC(=O)c1cccc(OC)c1. The van der Waals surface area contributed by atoms with E-state index < -0.39 is 0 Å². The maximum atomic E-state index is 12.2. The average Bonchev–Trinajstić information content (AvgIpc) is 2.79. The van der Waals surface area contributed by atoms with Crippen LogP contribution in [-0.2, 0) is 6.54 Å². The summed E-state index contributed by atoms with van der Waals surface area (Å²) in [6.07, 6.45) is 0. The topological polar surface area (TPSA) is 93.2 Å². The van der Waals surface area contributed by atoms with Crippen LogP contribution < -0.4 is 30.2 Å². The summed E-state index contributed by atoms with van der Waals surface area (Å²) in [6, 6.07) is 12.8. The first-order chi connectivity index (χ1) is 14.6. The van der Waals surface area contributed by atoms with Crippen molar-refractivity contribution in [2.75, 3.05) is 41.0 Å². The van der Waals surface area contributed by atoms with E-state index in [4.69, 9.17) is 14.2 Å². The summed E-state index contributed by atoms with van der Waals surface area (Å²) in [6.45, 7) is 4.20. The van der Waals surface area contributed by atoms with E-state index in [-0.39, 0.29) is 5.91 Å². The second kappa shape index (κ2) is 12.2. The number of ether oxygens (including phenoxy) is 3. The van der Waals surface area contributed by atoms with E-state index in [2.05, 4.69) is 20.9 Å². The molecule has 0 bridgehead atoms. The van der Waals surface area contributed by atoms with Crippen molar-refractivity contribution in [2.45, 2.75) is 13.5 Å². The van der Waals surface area contributed by atoms with Crippen LogP contribution >= 0.6 is 0 Å². The Balaban J connectivity index is 1.87. The molecule has 8 heteroatoms. The quantitative estimate of drug-likeness (QED) is 0.314. The number of aliphatic imine (C=N–C) groups is 1. The normalized spacial score (nSPS) is 10.9. The number of rotatable bonds is 10. The summed E-state index contributed by atoms with van der Waals surface area (Å²) in [5, 5.41) is 9.29. The molecule has 0 saturated heterocycles. The van der Waals surface area contributed by atoms with Crippen molar-refractivity contribution in [1.82, 2.24) is 16.0 Å². The Morgan fingerprint density at radius 2 is 1.67 bits per heavy atom. The standard InChI is InChI=1S/C22H30N4O4/c1-5-23-22(26-15-16-9-10-19(29-3)20(13-16)30-4)25-12-11-24-21(27)17-7-6-8-18(14-17)28-2/h6-10,13-14H,5,11-12,15H2,1-4H3,(H,24,27)(H2,23,25,26). The molecule has 0 aliphatic heterocycles. The third-order valence-corrected chi connectivity index (χ3v) is 4.25. The lowest BCUT2D eigenvalue weighted by molar-refractivity contribution is 0.0954. The van der Waals surface area contributed by atoms with E-state index in [1.807, 2.05) is 25.1 Å². The van der Waals surface area contributed by atoms with Crippen LogP contribution in [0, 0.1) is 0 Å². The lowest BCUT2D eigenvalue weighted by Crippen LogP contribution is -2.41. The second-order valence-corrected chi connectivity index (χ2v) is 6.30. The molecular weight excluding hydrogens is 384 g/mol. The average molecular weight is 415 g/mol. The van der Waals surface area contributed by atoms with Crippen LogP contribution in [-0.4, -0.2) is 52.8 Å². The molecule has 0 unspecified atom stereocenters. The fraction of sp³-hybridized carbons (Fsp3) is 0.364. The molecule has 0 saturated carbocycles. The molecule has 3 N–H and O–H groups in total. The van der Waals surface area contributed by atoms with Gasteiger partial charge < -0.3 is 30.2 Å². The molecule has 30 heavy (non-hydrogen) atoms. The van der Waals surface area contributed by atoms with E-state index in [0.29, 0.717) is 48.4 Å². The number of benzene rings is 2. The fourth-order valence-corrected chi connectivity index (χ4v) is 2.71. The molecule has 2 aromatic carbocycles. The largest absolute Gasteiger partial charge is 0.497 e. The van der Waals surface area contributed by atoms with E-state index in [1.54, 1.807) is 45.6 Å². The maximum absolute atomic E-state index is 12.2. The van der Waals surface area contributed by atoms with Crippen molar-refractivity contribution < 1.29 is 19.0 Å². The van der Waals surface area contributed by atoms with Gasteiger partial charge in [0.2, 0.25) is 0 Å². The van der Waals surface area contributed by atoms with Gasteiger partial charge in [-0.2, -0.15) is 0 Å². The number of hydrogen-bond acceptors (Lipinski definition) is 5. The first-order valence-corrected chi connectivity index (χ1v) is 9.76. The molecule has 0 aromatic heterocycles. The van der Waals surface area contributed by atoms with Gasteiger partial charge in [-0.15, -0.1) is 0 Å². The first kappa shape index (κ1) is 22.9. The van der Waals surface area contributed by atoms with Crippen molar-refractivity contribution in [1.29, 1.82) is 0 Å². The highest BCUT2D eigenvalue weighted by Gasteiger charge is 2.07. The predicted octanol–water partition coefficient (Wildman–Crippen LogP) is 2.20. The molecule has 0 heterocycles. The van der Waals surface area contributed by atoms with Gasteiger partial charge in [-0.1, -0.05) is 12.1 Å². The van der Waals surface area contributed by atoms with Gasteiger partial charge in [-0.3, -0.25) is 4.79 Å². The molecule has 0 atom stereocenters. The highest BCUT2D eigenvalue weighted by atomic mass is 16.5. The molecule has 8 nitrogen and oxygen atoms in total. The zero-order chi connectivity index (χ0) is 21.8. The van der Waals surface area contributed by atoms with Gasteiger partial charge in [0.15, 0.2) is 17.5 Å². The van der Waals surface area contributed by atoms with Gasteiger partial charge in [0.05, 0.1) is 27.9 Å². The zero-order valence-corrected chi connectivity index (χ0v) is 18.0. The predicted molar refractivity (Wildman–Crippen MR) is 118 cm³/mol. The Morgan fingerprint density at radius 3 is 2.37 bits per heavy atom. The van der Waals surface area contributed by atoms with E-state index >= 15 is 0 Å². The second-order valence-electron chi connectivity index (χ2n) is 6.30. The van der Waals surface area contributed by atoms with Crippen molar-refractivity contribution in [3.05, 3.63) is 53.6 Å². The maximum Gasteiger partial charge on any atom is 0.251 e. The smallest absolute Gasteiger partial charge is 0.251 e. The molecule has 2 rings (SSSR count). The van der Waals surface area contributed by atoms with E-state index in [9.17, 15) is 4.79 Å². The monoisotopic (exact) mass is 414 g/mol. The van der Waals surface area contributed by atoms with E-state index in [1.165, 1.54) is 0 Å². The summed E-state index contributed by atoms with van der Waals surface area (Å²) in [7, 11) is 4.79. The number of nitrogens with zero attached hydrogens (tertiary/aromatic N) is 1. The fourth-order valence-electron chi connectivity index (χ4n) is 2.71. The highest BCUT2D eigenvalue weighted by Crippen LogP contribution is 2.27. The Kier molecular flexibility index (Phi) is 9.30. The molecular formula is C22H30N4O4. The van der Waals surface area contributed by atoms with Crippen LogP contribution in [0.2, 0.25) is 0 Å². The first-order valence-electron chi connectivity index (χ1n) is 9.76. The molecule has 0 aliphatic rings. The minimum atomic E-state index is -0.150. The van der Waals surface area contributed by atoms with Crippen LogP contribution in [0.3, 0.4) is 0 Å². The van der Waals surface area contributed by atoms with Crippen LogP contribution in [0.25, 0.3) is 0 Å². The summed E-state index contributed by atoms with van der Waals surface area (Å²) < 4.78 is 15.7. The lowest BCUT2D eigenvalue weighted by atomic mass is 10.2. The summed E-state index contributed by atoms with van der Waals surface area (Å²) in [4.78, 5) is 16.8. The van der Waals surface area contributed by atoms with Crippen LogP contribution in [0.15, 0.2) is 47.5 Å². The van der Waals surface area contributed by atoms with Gasteiger partial charge in [0, 0.05) is 25.2 Å². The van der Waals surface area contributed by atoms with Gasteiger partial charge in [0.25, 0.3) is 5.91 Å². The lowest BCUT2D eigenvalue weighted by Gasteiger charge is -2.13. The Morgan fingerprint density at radius 1 is 0.900 bits per heavy atom. The van der Waals surface area contributed by atoms with E-state index in [0.717, 1.165) is 12.1 Å². The van der Waals surface area contributed by atoms with Gasteiger partial charge in [-0.05, 0) is 42.8 Å². The molecule has 1 amide bonds. The minimum Gasteiger partial charge on any atom is -0.497 e. The molecule has 162 valence electrons. The molecule has 0 aliphatic carbocycles. The molecule has 0 fully saturated rings. The number of methoxy groups -OCH3 is 3. The van der Waals surface area contributed by atoms with Crippen molar-refractivity contribution in [3.8, 4) is 17.2 Å². The molecule has 0 spiro atoms. The molecule has 0 radical (unpaired) electrons. The zero-order valence-electron chi connectivity index (χ0n) is 18.0. The van der Waals surface area contributed by atoms with Crippen LogP contribution in [0.1, 0.15) is 22.8 Å². The minimum absolute atomic E-state index is 0.150. The Hall–Kier alpha value is -3.42.